The summed E-state index contributed by atoms with van der Waals surface area (Å²) < 4.78 is 5.26. The monoisotopic (exact) mass is 500 g/mol. The van der Waals surface area contributed by atoms with E-state index in [9.17, 15) is 9.59 Å². The number of amides is 2. The number of anilines is 2. The van der Waals surface area contributed by atoms with E-state index in [1.807, 2.05) is 6.07 Å². The molecule has 0 unspecified atom stereocenters. The lowest BCUT2D eigenvalue weighted by atomic mass is 9.81. The van der Waals surface area contributed by atoms with Crippen molar-refractivity contribution < 1.29 is 14.3 Å². The molecule has 2 aliphatic rings. The molecule has 0 spiro atoms. The third-order valence-electron chi connectivity index (χ3n) is 8.08. The smallest absolute Gasteiger partial charge is 0.359 e. The molecule has 1 aromatic rings. The molecule has 36 heavy (non-hydrogen) atoms. The van der Waals surface area contributed by atoms with Crippen molar-refractivity contribution >= 4 is 23.6 Å². The summed E-state index contributed by atoms with van der Waals surface area (Å²) >= 11 is 0. The van der Waals surface area contributed by atoms with Crippen LogP contribution < -0.4 is 10.2 Å². The van der Waals surface area contributed by atoms with Crippen LogP contribution in [-0.2, 0) is 10.2 Å². The molecule has 0 bridgehead atoms. The van der Waals surface area contributed by atoms with Gasteiger partial charge < -0.3 is 14.5 Å². The van der Waals surface area contributed by atoms with Gasteiger partial charge in [-0.05, 0) is 50.1 Å². The lowest BCUT2D eigenvalue weighted by Crippen LogP contribution is -2.45. The molecule has 0 radical (unpaired) electrons. The van der Waals surface area contributed by atoms with Crippen LogP contribution in [-0.4, -0.2) is 61.9 Å². The quantitative estimate of drug-likeness (QED) is 0.234. The molecular formula is C29H48N4O3. The summed E-state index contributed by atoms with van der Waals surface area (Å²) in [5.41, 5.74) is 3.12. The number of benzene rings is 1. The molecule has 1 fully saturated rings. The average molecular weight is 501 g/mol. The van der Waals surface area contributed by atoms with Crippen LogP contribution in [0.25, 0.3) is 0 Å². The second kappa shape index (κ2) is 13.3. The second-order valence-electron chi connectivity index (χ2n) is 11.0. The van der Waals surface area contributed by atoms with Gasteiger partial charge in [0.15, 0.2) is 0 Å². The van der Waals surface area contributed by atoms with Crippen molar-refractivity contribution in [3.8, 4) is 0 Å². The zero-order valence-corrected chi connectivity index (χ0v) is 23.3. The fourth-order valence-electron chi connectivity index (χ4n) is 6.05. The van der Waals surface area contributed by atoms with E-state index < -0.39 is 12.2 Å². The number of likely N-dealkylation sites (tertiary alicyclic amines) is 1. The van der Waals surface area contributed by atoms with Gasteiger partial charge in [0.25, 0.3) is 0 Å². The molecule has 3 rings (SSSR count). The molecule has 0 saturated carbocycles. The summed E-state index contributed by atoms with van der Waals surface area (Å²) in [4.78, 5) is 32.0. The Morgan fingerprint density at radius 3 is 2.22 bits per heavy atom. The minimum Gasteiger partial charge on any atom is -0.359 e. The number of carbonyl (C=O) groups is 2. The first kappa shape index (κ1) is 28.3. The summed E-state index contributed by atoms with van der Waals surface area (Å²) in [7, 11) is 4.30. The zero-order valence-electron chi connectivity index (χ0n) is 23.3. The van der Waals surface area contributed by atoms with Gasteiger partial charge in [-0.1, -0.05) is 72.1 Å². The Balaban J connectivity index is 1.57. The predicted molar refractivity (Wildman–Crippen MR) is 148 cm³/mol. The topological polar surface area (TPSA) is 65.1 Å². The third kappa shape index (κ3) is 6.72. The van der Waals surface area contributed by atoms with Gasteiger partial charge in [-0.15, -0.1) is 0 Å². The molecule has 202 valence electrons. The minimum absolute atomic E-state index is 0.0165. The molecule has 2 amide bonds. The lowest BCUT2D eigenvalue weighted by Gasteiger charge is -2.32. The maximum absolute atomic E-state index is 12.9. The van der Waals surface area contributed by atoms with E-state index >= 15 is 0 Å². The van der Waals surface area contributed by atoms with E-state index in [0.717, 1.165) is 38.6 Å². The molecule has 0 aliphatic carbocycles. The molecule has 1 aromatic carbocycles. The van der Waals surface area contributed by atoms with Gasteiger partial charge in [-0.3, -0.25) is 10.2 Å². The van der Waals surface area contributed by atoms with Crippen LogP contribution in [0.5, 0.6) is 0 Å². The van der Waals surface area contributed by atoms with Gasteiger partial charge in [0.05, 0.1) is 6.17 Å². The molecule has 0 aromatic heterocycles. The number of fused-ring (bicyclic) bond motifs is 3. The number of unbranched alkanes of at least 4 members (excludes halogenated alkanes) is 8. The summed E-state index contributed by atoms with van der Waals surface area (Å²) in [6.07, 6.45) is 11.4. The van der Waals surface area contributed by atoms with E-state index in [0.29, 0.717) is 24.9 Å². The van der Waals surface area contributed by atoms with Crippen molar-refractivity contribution in [2.45, 2.75) is 103 Å². The van der Waals surface area contributed by atoms with Crippen molar-refractivity contribution in [3.05, 3.63) is 23.8 Å². The van der Waals surface area contributed by atoms with Gasteiger partial charge in [-0.25, -0.2) is 9.59 Å². The molecule has 2 aliphatic heterocycles. The van der Waals surface area contributed by atoms with Gasteiger partial charge in [0.1, 0.15) is 0 Å². The molecule has 2 atom stereocenters. The first-order chi connectivity index (χ1) is 17.3. The van der Waals surface area contributed by atoms with Crippen LogP contribution in [0.15, 0.2) is 18.2 Å². The standard InChI is InChI=1S/C29H48N4O3/c1-6-8-10-12-14-19-33(20-15-13-11-9-7-2)28(35)36-27(34)30-23-16-17-25-24(22-23)29(3)18-21-31(4)26(29)32(25)5/h16-17,22,26H,6-15,18-21H2,1-5H3,(H,30,34)/t26-,29-/m0/s1. The normalized spacial score (nSPS) is 20.8. The van der Waals surface area contributed by atoms with Gasteiger partial charge in [0.2, 0.25) is 0 Å². The Hall–Kier alpha value is -2.28. The maximum atomic E-state index is 12.9. The highest BCUT2D eigenvalue weighted by molar-refractivity contribution is 5.93. The second-order valence-corrected chi connectivity index (χ2v) is 11.0. The highest BCUT2D eigenvalue weighted by atomic mass is 16.6. The largest absolute Gasteiger partial charge is 0.420 e. The van der Waals surface area contributed by atoms with Crippen molar-refractivity contribution in [3.63, 3.8) is 0 Å². The van der Waals surface area contributed by atoms with E-state index in [4.69, 9.17) is 4.74 Å². The van der Waals surface area contributed by atoms with Gasteiger partial charge in [0, 0.05) is 43.5 Å². The fourth-order valence-corrected chi connectivity index (χ4v) is 6.05. The summed E-state index contributed by atoms with van der Waals surface area (Å²) in [6, 6.07) is 6.00. The number of hydrogen-bond acceptors (Lipinski definition) is 5. The van der Waals surface area contributed by atoms with Crippen LogP contribution in [0, 0.1) is 0 Å². The number of rotatable bonds is 13. The zero-order chi connectivity index (χ0) is 26.1. The molecular weight excluding hydrogens is 452 g/mol. The van der Waals surface area contributed by atoms with Crippen LogP contribution in [0.1, 0.15) is 97.0 Å². The van der Waals surface area contributed by atoms with Crippen molar-refractivity contribution in [2.24, 2.45) is 0 Å². The molecule has 1 N–H and O–H groups in total. The summed E-state index contributed by atoms with van der Waals surface area (Å²) in [5, 5.41) is 2.81. The van der Waals surface area contributed by atoms with Crippen LogP contribution >= 0.6 is 0 Å². The first-order valence-electron chi connectivity index (χ1n) is 14.2. The minimum atomic E-state index is -0.710. The number of ether oxygens (including phenoxy) is 1. The third-order valence-corrected chi connectivity index (χ3v) is 8.08. The number of nitrogens with one attached hydrogen (secondary N) is 1. The molecule has 2 heterocycles. The molecule has 1 saturated heterocycles. The molecule has 7 heteroatoms. The predicted octanol–water partition coefficient (Wildman–Crippen LogP) is 6.97. The Morgan fingerprint density at radius 2 is 1.61 bits per heavy atom. The van der Waals surface area contributed by atoms with E-state index in [-0.39, 0.29) is 5.41 Å². The SMILES string of the molecule is CCCCCCCN(CCCCCCC)C(=O)OC(=O)Nc1ccc2c(c1)[C@]1(C)CCN(C)[C@H]1N2C. The average Bonchev–Trinajstić information content (AvgIpc) is 3.27. The van der Waals surface area contributed by atoms with Crippen LogP contribution in [0.2, 0.25) is 0 Å². The maximum Gasteiger partial charge on any atom is 0.420 e. The Labute approximate surface area is 218 Å². The Kier molecular flexibility index (Phi) is 10.5. The number of nitrogens with zero attached hydrogens (tertiary/aromatic N) is 3. The fraction of sp³-hybridized carbons (Fsp3) is 0.724. The van der Waals surface area contributed by atoms with Crippen LogP contribution in [0.4, 0.5) is 21.0 Å². The van der Waals surface area contributed by atoms with Crippen molar-refractivity contribution in [2.75, 3.05) is 43.9 Å². The summed E-state index contributed by atoms with van der Waals surface area (Å²) in [5.74, 6) is 0. The number of carbonyl (C=O) groups excluding carboxylic acids is 2. The molecule has 7 nitrogen and oxygen atoms in total. The first-order valence-corrected chi connectivity index (χ1v) is 14.2. The van der Waals surface area contributed by atoms with Crippen LogP contribution in [0.3, 0.4) is 0 Å². The summed E-state index contributed by atoms with van der Waals surface area (Å²) in [6.45, 7) is 9.02. The Morgan fingerprint density at radius 1 is 1.00 bits per heavy atom. The van der Waals surface area contributed by atoms with Gasteiger partial charge in [-0.2, -0.15) is 0 Å². The highest BCUT2D eigenvalue weighted by Crippen LogP contribution is 2.51. The van der Waals surface area contributed by atoms with E-state index in [1.165, 1.54) is 49.8 Å². The lowest BCUT2D eigenvalue weighted by molar-refractivity contribution is 0.122. The van der Waals surface area contributed by atoms with Crippen molar-refractivity contribution in [1.82, 2.24) is 9.80 Å². The van der Waals surface area contributed by atoms with Crippen molar-refractivity contribution in [1.29, 1.82) is 0 Å². The van der Waals surface area contributed by atoms with E-state index in [2.05, 4.69) is 62.1 Å². The number of hydrogen-bond donors (Lipinski definition) is 1. The van der Waals surface area contributed by atoms with E-state index in [1.54, 1.807) is 4.90 Å². The Bertz CT molecular complexity index is 862. The van der Waals surface area contributed by atoms with Gasteiger partial charge >= 0.3 is 12.2 Å². The highest BCUT2D eigenvalue weighted by Gasteiger charge is 2.52. The number of likely N-dealkylation sites (N-methyl/N-ethyl adjacent to an activating group) is 2.